The molecule has 0 radical (unpaired) electrons. The lowest BCUT2D eigenvalue weighted by Gasteiger charge is -2.34. The van der Waals surface area contributed by atoms with Crippen molar-refractivity contribution in [2.24, 2.45) is 0 Å². The number of hydrogen-bond donors (Lipinski definition) is 1. The van der Waals surface area contributed by atoms with Crippen LogP contribution in [0.2, 0.25) is 0 Å². The monoisotopic (exact) mass is 435 g/mol. The minimum Gasteiger partial charge on any atom is -0.372 e. The number of piperazine rings is 1. The van der Waals surface area contributed by atoms with E-state index in [1.54, 1.807) is 11.3 Å². The van der Waals surface area contributed by atoms with Crippen LogP contribution >= 0.6 is 11.3 Å². The topological polar surface area (TPSA) is 34.6 Å². The smallest absolute Gasteiger partial charge is 0.187 e. The molecule has 0 spiro atoms. The Kier molecular flexibility index (Phi) is 6.78. The average molecular weight is 436 g/mol. The molecule has 0 unspecified atom stereocenters. The highest BCUT2D eigenvalue weighted by atomic mass is 32.1. The van der Waals surface area contributed by atoms with Gasteiger partial charge in [-0.2, -0.15) is 0 Å². The highest BCUT2D eigenvalue weighted by Gasteiger charge is 2.14. The lowest BCUT2D eigenvalue weighted by Crippen LogP contribution is -2.44. The normalized spacial score (nSPS) is 14.6. The number of aromatic nitrogens is 1. The fourth-order valence-corrected chi connectivity index (χ4v) is 4.79. The van der Waals surface area contributed by atoms with E-state index in [4.69, 9.17) is 4.98 Å². The van der Waals surface area contributed by atoms with Crippen molar-refractivity contribution in [3.8, 4) is 11.3 Å². The fraction of sp³-hybridized carbons (Fsp3) is 0.400. The summed E-state index contributed by atoms with van der Waals surface area (Å²) >= 11 is 1.65. The zero-order valence-corrected chi connectivity index (χ0v) is 19.9. The van der Waals surface area contributed by atoms with Crippen LogP contribution in [-0.4, -0.2) is 56.2 Å². The van der Waals surface area contributed by atoms with E-state index in [0.717, 1.165) is 61.3 Å². The summed E-state index contributed by atoms with van der Waals surface area (Å²) in [6.45, 7) is 13.0. The first kappa shape index (κ1) is 21.7. The second-order valence-corrected chi connectivity index (χ2v) is 9.03. The molecule has 0 amide bonds. The summed E-state index contributed by atoms with van der Waals surface area (Å²) in [4.78, 5) is 12.0. The molecule has 5 nitrogen and oxygen atoms in total. The predicted octanol–water partition coefficient (Wildman–Crippen LogP) is 5.46. The van der Waals surface area contributed by atoms with E-state index in [9.17, 15) is 0 Å². The van der Waals surface area contributed by atoms with Crippen LogP contribution in [0.15, 0.2) is 47.8 Å². The third kappa shape index (κ3) is 5.02. The van der Waals surface area contributed by atoms with Gasteiger partial charge in [-0.1, -0.05) is 12.1 Å². The van der Waals surface area contributed by atoms with Crippen LogP contribution < -0.4 is 15.1 Å². The van der Waals surface area contributed by atoms with Gasteiger partial charge in [-0.3, -0.25) is 0 Å². The summed E-state index contributed by atoms with van der Waals surface area (Å²) in [5.74, 6) is 0. The molecular formula is C25H33N5S. The van der Waals surface area contributed by atoms with Gasteiger partial charge in [0.1, 0.15) is 0 Å². The summed E-state index contributed by atoms with van der Waals surface area (Å²) in [5, 5.41) is 6.57. The number of aryl methyl sites for hydroxylation is 1. The van der Waals surface area contributed by atoms with Crippen molar-refractivity contribution in [3.63, 3.8) is 0 Å². The zero-order chi connectivity index (χ0) is 21.8. The third-order valence-electron chi connectivity index (χ3n) is 6.12. The predicted molar refractivity (Wildman–Crippen MR) is 135 cm³/mol. The van der Waals surface area contributed by atoms with Crippen molar-refractivity contribution in [2.45, 2.75) is 20.8 Å². The first-order valence-electron chi connectivity index (χ1n) is 11.2. The van der Waals surface area contributed by atoms with Crippen LogP contribution in [-0.2, 0) is 0 Å². The number of benzene rings is 2. The minimum absolute atomic E-state index is 0.928. The van der Waals surface area contributed by atoms with E-state index in [2.05, 4.69) is 95.7 Å². The van der Waals surface area contributed by atoms with Gasteiger partial charge in [-0.15, -0.1) is 11.3 Å². The average Bonchev–Trinajstić information content (AvgIpc) is 3.26. The molecule has 0 bridgehead atoms. The number of nitrogens with one attached hydrogen (secondary N) is 1. The van der Waals surface area contributed by atoms with E-state index in [1.807, 2.05) is 0 Å². The number of anilines is 4. The van der Waals surface area contributed by atoms with E-state index < -0.39 is 0 Å². The summed E-state index contributed by atoms with van der Waals surface area (Å²) in [5.41, 5.74) is 7.10. The van der Waals surface area contributed by atoms with Crippen LogP contribution in [0.4, 0.5) is 22.2 Å². The van der Waals surface area contributed by atoms with Gasteiger partial charge in [-0.25, -0.2) is 4.98 Å². The highest BCUT2D eigenvalue weighted by Crippen LogP contribution is 2.31. The number of thiazole rings is 1. The van der Waals surface area contributed by atoms with Gasteiger partial charge in [0, 0.05) is 67.3 Å². The Morgan fingerprint density at radius 2 is 1.71 bits per heavy atom. The largest absolute Gasteiger partial charge is 0.372 e. The van der Waals surface area contributed by atoms with Crippen molar-refractivity contribution in [1.29, 1.82) is 0 Å². The molecule has 6 heteroatoms. The second-order valence-electron chi connectivity index (χ2n) is 8.17. The number of hydrogen-bond acceptors (Lipinski definition) is 6. The molecule has 1 aromatic heterocycles. The number of likely N-dealkylation sites (N-methyl/N-ethyl adjacent to an activating group) is 1. The molecule has 1 aliphatic rings. The Hall–Kier alpha value is -2.57. The Balaban J connectivity index is 1.44. The maximum absolute atomic E-state index is 4.84. The molecule has 31 heavy (non-hydrogen) atoms. The molecule has 4 rings (SSSR count). The van der Waals surface area contributed by atoms with Crippen molar-refractivity contribution in [1.82, 2.24) is 9.88 Å². The van der Waals surface area contributed by atoms with Crippen LogP contribution in [0.3, 0.4) is 0 Å². The van der Waals surface area contributed by atoms with Gasteiger partial charge in [-0.05, 0) is 63.7 Å². The van der Waals surface area contributed by atoms with Crippen molar-refractivity contribution in [3.05, 3.63) is 53.4 Å². The van der Waals surface area contributed by atoms with Gasteiger partial charge < -0.3 is 20.0 Å². The van der Waals surface area contributed by atoms with Gasteiger partial charge in [0.05, 0.1) is 5.69 Å². The first-order valence-corrected chi connectivity index (χ1v) is 12.1. The molecule has 3 aromatic rings. The summed E-state index contributed by atoms with van der Waals surface area (Å²) in [6, 6.07) is 15.4. The maximum Gasteiger partial charge on any atom is 0.187 e. The van der Waals surface area contributed by atoms with Gasteiger partial charge >= 0.3 is 0 Å². The first-order chi connectivity index (χ1) is 15.1. The molecule has 1 aliphatic heterocycles. The maximum atomic E-state index is 4.84. The zero-order valence-electron chi connectivity index (χ0n) is 19.1. The minimum atomic E-state index is 0.928. The van der Waals surface area contributed by atoms with Crippen LogP contribution in [0.5, 0.6) is 0 Å². The molecule has 1 saturated heterocycles. The standard InChI is InChI=1S/C25H33N5S/c1-5-29(6-2)22-11-12-23(19(3)17-22)26-25-27-24(18-31-25)20-7-9-21(10-8-20)30-15-13-28(4)14-16-30/h7-12,17-18H,5-6,13-16H2,1-4H3,(H,26,27). The Labute approximate surface area is 190 Å². The summed E-state index contributed by atoms with van der Waals surface area (Å²) in [6.07, 6.45) is 0. The van der Waals surface area contributed by atoms with Crippen LogP contribution in [0.1, 0.15) is 19.4 Å². The highest BCUT2D eigenvalue weighted by molar-refractivity contribution is 7.14. The second kappa shape index (κ2) is 9.71. The SMILES string of the molecule is CCN(CC)c1ccc(Nc2nc(-c3ccc(N4CCN(C)CC4)cc3)cs2)c(C)c1. The summed E-state index contributed by atoms with van der Waals surface area (Å²) < 4.78 is 0. The van der Waals surface area contributed by atoms with Gasteiger partial charge in [0.25, 0.3) is 0 Å². The van der Waals surface area contributed by atoms with Crippen molar-refractivity contribution in [2.75, 3.05) is 61.4 Å². The molecular weight excluding hydrogens is 402 g/mol. The van der Waals surface area contributed by atoms with E-state index in [0.29, 0.717) is 0 Å². The van der Waals surface area contributed by atoms with Gasteiger partial charge in [0.2, 0.25) is 0 Å². The molecule has 0 saturated carbocycles. The molecule has 2 heterocycles. The molecule has 0 atom stereocenters. The van der Waals surface area contributed by atoms with Crippen LogP contribution in [0.25, 0.3) is 11.3 Å². The third-order valence-corrected chi connectivity index (χ3v) is 6.87. The summed E-state index contributed by atoms with van der Waals surface area (Å²) in [7, 11) is 2.19. The Morgan fingerprint density at radius 1 is 1.00 bits per heavy atom. The molecule has 1 N–H and O–H groups in total. The molecule has 1 fully saturated rings. The van der Waals surface area contributed by atoms with E-state index >= 15 is 0 Å². The number of rotatable bonds is 7. The fourth-order valence-electron chi connectivity index (χ4n) is 4.06. The number of nitrogens with zero attached hydrogens (tertiary/aromatic N) is 4. The molecule has 2 aromatic carbocycles. The Morgan fingerprint density at radius 3 is 2.35 bits per heavy atom. The van der Waals surface area contributed by atoms with Crippen molar-refractivity contribution >= 4 is 33.5 Å². The van der Waals surface area contributed by atoms with Crippen LogP contribution in [0, 0.1) is 6.92 Å². The van der Waals surface area contributed by atoms with E-state index in [-0.39, 0.29) is 0 Å². The van der Waals surface area contributed by atoms with Crippen molar-refractivity contribution < 1.29 is 0 Å². The Bertz CT molecular complexity index is 985. The molecule has 0 aliphatic carbocycles. The lowest BCUT2D eigenvalue weighted by molar-refractivity contribution is 0.313. The quantitative estimate of drug-likeness (QED) is 0.533. The van der Waals surface area contributed by atoms with Gasteiger partial charge in [0.15, 0.2) is 5.13 Å². The molecule has 164 valence electrons. The van der Waals surface area contributed by atoms with E-state index in [1.165, 1.54) is 16.9 Å². The lowest BCUT2D eigenvalue weighted by atomic mass is 10.1.